The summed E-state index contributed by atoms with van der Waals surface area (Å²) in [6, 6.07) is 22.7. The van der Waals surface area contributed by atoms with Crippen LogP contribution >= 0.6 is 0 Å². The van der Waals surface area contributed by atoms with Gasteiger partial charge in [-0.1, -0.05) is 48.0 Å². The molecule has 1 aliphatic heterocycles. The lowest BCUT2D eigenvalue weighted by Gasteiger charge is -2.21. The largest absolute Gasteiger partial charge is 0.478 e. The highest BCUT2D eigenvalue weighted by Gasteiger charge is 2.27. The van der Waals surface area contributed by atoms with Crippen molar-refractivity contribution in [2.45, 2.75) is 19.3 Å². The van der Waals surface area contributed by atoms with Crippen molar-refractivity contribution in [2.75, 3.05) is 23.3 Å². The van der Waals surface area contributed by atoms with E-state index in [2.05, 4.69) is 22.3 Å². The molecule has 3 aromatic carbocycles. The second kappa shape index (κ2) is 8.41. The molecule has 0 spiro atoms. The van der Waals surface area contributed by atoms with Crippen molar-refractivity contribution in [3.05, 3.63) is 95.1 Å². The molecule has 1 heterocycles. The van der Waals surface area contributed by atoms with E-state index in [9.17, 15) is 14.7 Å². The molecule has 0 radical (unpaired) electrons. The van der Waals surface area contributed by atoms with Crippen LogP contribution in [0, 0.1) is 6.92 Å². The van der Waals surface area contributed by atoms with Crippen molar-refractivity contribution in [1.29, 1.82) is 0 Å². The molecule has 1 fully saturated rings. The first-order chi connectivity index (χ1) is 14.5. The lowest BCUT2D eigenvalue weighted by molar-refractivity contribution is 0.0697. The standard InChI is InChI=1S/C25H24N2O3/c1-17-6-5-9-19(14-17)24(28)26-21-10-11-23(22(15-21)25(29)30)27-13-12-20(16-27)18-7-3-2-4-8-18/h2-11,14-15,20H,12-13,16H2,1H3,(H,26,28)(H,29,30)/t20-/m1/s1. The summed E-state index contributed by atoms with van der Waals surface area (Å²) in [6.45, 7) is 3.50. The topological polar surface area (TPSA) is 69.6 Å². The quantitative estimate of drug-likeness (QED) is 0.636. The van der Waals surface area contributed by atoms with Gasteiger partial charge in [0.15, 0.2) is 0 Å². The molecule has 3 aromatic rings. The second-order valence-corrected chi connectivity index (χ2v) is 7.70. The van der Waals surface area contributed by atoms with Crippen LogP contribution in [0.2, 0.25) is 0 Å². The van der Waals surface area contributed by atoms with Crippen molar-refractivity contribution in [2.24, 2.45) is 0 Å². The fourth-order valence-electron chi connectivity index (χ4n) is 4.03. The van der Waals surface area contributed by atoms with E-state index >= 15 is 0 Å². The van der Waals surface area contributed by atoms with E-state index in [0.29, 0.717) is 22.9 Å². The number of hydrogen-bond acceptors (Lipinski definition) is 3. The average molecular weight is 400 g/mol. The molecular weight excluding hydrogens is 376 g/mol. The molecular formula is C25H24N2O3. The van der Waals surface area contributed by atoms with Crippen LogP contribution < -0.4 is 10.2 Å². The predicted molar refractivity (Wildman–Crippen MR) is 119 cm³/mol. The van der Waals surface area contributed by atoms with Crippen LogP contribution in [0.3, 0.4) is 0 Å². The highest BCUT2D eigenvalue weighted by Crippen LogP contribution is 2.33. The van der Waals surface area contributed by atoms with Gasteiger partial charge in [-0.3, -0.25) is 4.79 Å². The molecule has 0 aromatic heterocycles. The van der Waals surface area contributed by atoms with Crippen molar-refractivity contribution in [1.82, 2.24) is 0 Å². The summed E-state index contributed by atoms with van der Waals surface area (Å²) in [7, 11) is 0. The van der Waals surface area contributed by atoms with E-state index in [1.165, 1.54) is 5.56 Å². The number of carboxylic acid groups (broad SMARTS) is 1. The summed E-state index contributed by atoms with van der Waals surface area (Å²) in [6.07, 6.45) is 0.981. The number of rotatable bonds is 5. The highest BCUT2D eigenvalue weighted by molar-refractivity contribution is 6.05. The number of anilines is 2. The summed E-state index contributed by atoms with van der Waals surface area (Å²) < 4.78 is 0. The van der Waals surface area contributed by atoms with Crippen LogP contribution in [0.15, 0.2) is 72.8 Å². The Hall–Kier alpha value is -3.60. The first kappa shape index (κ1) is 19.7. The van der Waals surface area contributed by atoms with Gasteiger partial charge in [0.1, 0.15) is 0 Å². The highest BCUT2D eigenvalue weighted by atomic mass is 16.4. The van der Waals surface area contributed by atoms with Crippen LogP contribution in [0.4, 0.5) is 11.4 Å². The smallest absolute Gasteiger partial charge is 0.337 e. The van der Waals surface area contributed by atoms with Crippen LogP contribution in [-0.2, 0) is 0 Å². The normalized spacial score (nSPS) is 15.8. The molecule has 30 heavy (non-hydrogen) atoms. The van der Waals surface area contributed by atoms with Gasteiger partial charge in [0.05, 0.1) is 11.3 Å². The monoisotopic (exact) mass is 400 g/mol. The number of aryl methyl sites for hydroxylation is 1. The predicted octanol–water partition coefficient (Wildman–Crippen LogP) is 4.94. The summed E-state index contributed by atoms with van der Waals surface area (Å²) in [5, 5.41) is 12.6. The SMILES string of the molecule is Cc1cccc(C(=O)Nc2ccc(N3CC[C@@H](c4ccccc4)C3)c(C(=O)O)c2)c1. The Kier molecular flexibility index (Phi) is 5.53. The van der Waals surface area contributed by atoms with Gasteiger partial charge in [-0.05, 0) is 49.2 Å². The van der Waals surface area contributed by atoms with Crippen molar-refractivity contribution < 1.29 is 14.7 Å². The number of nitrogens with zero attached hydrogens (tertiary/aromatic N) is 1. The molecule has 1 saturated heterocycles. The molecule has 152 valence electrons. The van der Waals surface area contributed by atoms with Crippen molar-refractivity contribution in [3.8, 4) is 0 Å². The van der Waals surface area contributed by atoms with Crippen LogP contribution in [0.5, 0.6) is 0 Å². The minimum absolute atomic E-state index is 0.200. The number of amides is 1. The Morgan fingerprint density at radius 2 is 1.80 bits per heavy atom. The third-order valence-electron chi connectivity index (χ3n) is 5.57. The first-order valence-electron chi connectivity index (χ1n) is 10.1. The molecule has 5 heteroatoms. The number of hydrogen-bond donors (Lipinski definition) is 2. The minimum atomic E-state index is -1.00. The zero-order chi connectivity index (χ0) is 21.1. The summed E-state index contributed by atoms with van der Waals surface area (Å²) in [5.74, 6) is -0.874. The van der Waals surface area contributed by atoms with Gasteiger partial charge >= 0.3 is 5.97 Å². The van der Waals surface area contributed by atoms with Crippen molar-refractivity contribution >= 4 is 23.3 Å². The molecule has 0 saturated carbocycles. The number of aromatic carboxylic acids is 1. The summed E-state index contributed by atoms with van der Waals surface area (Å²) >= 11 is 0. The van der Waals surface area contributed by atoms with E-state index < -0.39 is 5.97 Å². The molecule has 4 rings (SSSR count). The molecule has 1 amide bonds. The van der Waals surface area contributed by atoms with E-state index in [-0.39, 0.29) is 11.5 Å². The van der Waals surface area contributed by atoms with E-state index in [4.69, 9.17) is 0 Å². The molecule has 1 aliphatic rings. The number of carbonyl (C=O) groups excluding carboxylic acids is 1. The first-order valence-corrected chi connectivity index (χ1v) is 10.1. The second-order valence-electron chi connectivity index (χ2n) is 7.70. The fourth-order valence-corrected chi connectivity index (χ4v) is 4.03. The van der Waals surface area contributed by atoms with Crippen molar-refractivity contribution in [3.63, 3.8) is 0 Å². The Morgan fingerprint density at radius 3 is 2.53 bits per heavy atom. The van der Waals surface area contributed by atoms with E-state index in [0.717, 1.165) is 25.1 Å². The number of benzene rings is 3. The molecule has 5 nitrogen and oxygen atoms in total. The lowest BCUT2D eigenvalue weighted by atomic mass is 9.99. The van der Waals surface area contributed by atoms with Gasteiger partial charge < -0.3 is 15.3 Å². The van der Waals surface area contributed by atoms with Gasteiger partial charge in [-0.2, -0.15) is 0 Å². The minimum Gasteiger partial charge on any atom is -0.478 e. The molecule has 0 unspecified atom stereocenters. The van der Waals surface area contributed by atoms with Crippen LogP contribution in [-0.4, -0.2) is 30.1 Å². The Bertz CT molecular complexity index is 1080. The molecule has 0 aliphatic carbocycles. The van der Waals surface area contributed by atoms with E-state index in [1.54, 1.807) is 30.3 Å². The Morgan fingerprint density at radius 1 is 1.00 bits per heavy atom. The number of nitrogens with one attached hydrogen (secondary N) is 1. The van der Waals surface area contributed by atoms with Gasteiger partial charge in [0.25, 0.3) is 5.91 Å². The summed E-state index contributed by atoms with van der Waals surface area (Å²) in [4.78, 5) is 26.6. The fraction of sp³-hybridized carbons (Fsp3) is 0.200. The summed E-state index contributed by atoms with van der Waals surface area (Å²) in [5.41, 5.74) is 4.17. The zero-order valence-electron chi connectivity index (χ0n) is 16.8. The molecule has 0 bridgehead atoms. The Balaban J connectivity index is 1.54. The Labute approximate surface area is 176 Å². The maximum atomic E-state index is 12.5. The van der Waals surface area contributed by atoms with Gasteiger partial charge in [0.2, 0.25) is 0 Å². The number of carboxylic acids is 1. The van der Waals surface area contributed by atoms with E-state index in [1.807, 2.05) is 37.3 Å². The maximum absolute atomic E-state index is 12.5. The van der Waals surface area contributed by atoms with Gasteiger partial charge in [-0.25, -0.2) is 4.79 Å². The van der Waals surface area contributed by atoms with Crippen LogP contribution in [0.1, 0.15) is 44.2 Å². The third kappa shape index (κ3) is 4.20. The van der Waals surface area contributed by atoms with Crippen LogP contribution in [0.25, 0.3) is 0 Å². The lowest BCUT2D eigenvalue weighted by Crippen LogP contribution is -2.22. The zero-order valence-corrected chi connectivity index (χ0v) is 16.8. The van der Waals surface area contributed by atoms with Gasteiger partial charge in [0, 0.05) is 30.3 Å². The maximum Gasteiger partial charge on any atom is 0.337 e. The number of carbonyl (C=O) groups is 2. The third-order valence-corrected chi connectivity index (χ3v) is 5.57. The molecule has 2 N–H and O–H groups in total. The molecule has 1 atom stereocenters. The average Bonchev–Trinajstić information content (AvgIpc) is 3.24. The van der Waals surface area contributed by atoms with Gasteiger partial charge in [-0.15, -0.1) is 0 Å².